The van der Waals surface area contributed by atoms with Crippen LogP contribution in [0.5, 0.6) is 0 Å². The zero-order chi connectivity index (χ0) is 30.3. The summed E-state index contributed by atoms with van der Waals surface area (Å²) in [6.45, 7) is 6.98. The normalized spacial score (nSPS) is 20.1. The van der Waals surface area contributed by atoms with Crippen LogP contribution in [0.4, 0.5) is 0 Å². The van der Waals surface area contributed by atoms with Gasteiger partial charge < -0.3 is 0 Å². The maximum atomic E-state index is 5.88. The Labute approximate surface area is 265 Å². The van der Waals surface area contributed by atoms with Gasteiger partial charge in [0, 0.05) is 11.5 Å². The third-order valence-electron chi connectivity index (χ3n) is 9.85. The van der Waals surface area contributed by atoms with Crippen molar-refractivity contribution in [3.8, 4) is 23.5 Å². The number of allylic oxidation sites excluding steroid dienone is 5. The Kier molecular flexibility index (Phi) is 9.43. The van der Waals surface area contributed by atoms with Crippen molar-refractivity contribution in [3.63, 3.8) is 0 Å². The van der Waals surface area contributed by atoms with Crippen molar-refractivity contribution in [3.05, 3.63) is 161 Å². The van der Waals surface area contributed by atoms with E-state index in [1.165, 1.54) is 70.2 Å². The van der Waals surface area contributed by atoms with E-state index in [9.17, 15) is 0 Å². The molecule has 2 atom stereocenters. The molecule has 2 aliphatic carbocycles. The Hall–Kier alpha value is -4.34. The predicted octanol–water partition coefficient (Wildman–Crippen LogP) is 11.2. The molecule has 0 bridgehead atoms. The molecule has 0 spiro atoms. The second-order valence-electron chi connectivity index (χ2n) is 13.0. The molecule has 0 nitrogen and oxygen atoms in total. The van der Waals surface area contributed by atoms with Gasteiger partial charge in [0.25, 0.3) is 0 Å². The molecule has 4 aromatic carbocycles. The summed E-state index contributed by atoms with van der Waals surface area (Å²) >= 11 is 0. The van der Waals surface area contributed by atoms with E-state index >= 15 is 0 Å². The summed E-state index contributed by atoms with van der Waals surface area (Å²) in [7, 11) is 0. The van der Waals surface area contributed by atoms with Gasteiger partial charge in [-0.2, -0.15) is 0 Å². The minimum Gasteiger partial charge on any atom is -0.115 e. The fourth-order valence-corrected chi connectivity index (χ4v) is 7.43. The Balaban J connectivity index is 1.16. The molecule has 1 saturated carbocycles. The minimum atomic E-state index is 0.403. The van der Waals surface area contributed by atoms with Crippen molar-refractivity contribution in [1.29, 1.82) is 0 Å². The van der Waals surface area contributed by atoms with E-state index in [0.717, 1.165) is 24.8 Å². The number of terminal acetylenes is 1. The molecule has 0 saturated heterocycles. The summed E-state index contributed by atoms with van der Waals surface area (Å²) in [5.41, 5.74) is 11.6. The van der Waals surface area contributed by atoms with Crippen molar-refractivity contribution in [1.82, 2.24) is 0 Å². The van der Waals surface area contributed by atoms with Gasteiger partial charge in [-0.1, -0.05) is 134 Å². The van der Waals surface area contributed by atoms with Crippen LogP contribution in [0.2, 0.25) is 0 Å². The quantitative estimate of drug-likeness (QED) is 0.131. The molecule has 1 fully saturated rings. The largest absolute Gasteiger partial charge is 0.115 e. The SMILES string of the molecule is C#Cc1ccc(CC2CCC(C(C(=C)CCc3ccccc3)c3ccc(C4=CC(C)C=C4)cc3)CC2)cc1-c1ccccc1. The fourth-order valence-electron chi connectivity index (χ4n) is 7.43. The lowest BCUT2D eigenvalue weighted by Gasteiger charge is -2.36. The number of aryl methyl sites for hydroxylation is 1. The van der Waals surface area contributed by atoms with E-state index in [1.54, 1.807) is 0 Å². The maximum absolute atomic E-state index is 5.88. The van der Waals surface area contributed by atoms with Crippen LogP contribution < -0.4 is 0 Å². The molecule has 2 aliphatic rings. The van der Waals surface area contributed by atoms with E-state index in [2.05, 4.69) is 134 Å². The van der Waals surface area contributed by atoms with Crippen molar-refractivity contribution >= 4 is 5.57 Å². The average molecular weight is 573 g/mol. The molecule has 0 heterocycles. The highest BCUT2D eigenvalue weighted by molar-refractivity contribution is 5.77. The number of hydrogen-bond acceptors (Lipinski definition) is 0. The molecule has 44 heavy (non-hydrogen) atoms. The first-order valence-corrected chi connectivity index (χ1v) is 16.4. The molecule has 4 aromatic rings. The Morgan fingerprint density at radius 1 is 0.818 bits per heavy atom. The monoisotopic (exact) mass is 572 g/mol. The highest BCUT2D eigenvalue weighted by atomic mass is 14.3. The van der Waals surface area contributed by atoms with Gasteiger partial charge in [0.15, 0.2) is 0 Å². The first-order chi connectivity index (χ1) is 21.6. The van der Waals surface area contributed by atoms with Gasteiger partial charge in [0.2, 0.25) is 0 Å². The number of hydrogen-bond donors (Lipinski definition) is 0. The summed E-state index contributed by atoms with van der Waals surface area (Å²) in [4.78, 5) is 0. The van der Waals surface area contributed by atoms with E-state index in [0.29, 0.717) is 23.7 Å². The van der Waals surface area contributed by atoms with Crippen LogP contribution in [0.1, 0.15) is 72.8 Å². The Morgan fingerprint density at radius 3 is 2.18 bits per heavy atom. The molecular formula is C44H44. The number of benzene rings is 4. The highest BCUT2D eigenvalue weighted by Gasteiger charge is 2.30. The average Bonchev–Trinajstić information content (AvgIpc) is 3.52. The zero-order valence-corrected chi connectivity index (χ0v) is 26.1. The van der Waals surface area contributed by atoms with Crippen LogP contribution in [0, 0.1) is 30.1 Å². The van der Waals surface area contributed by atoms with Gasteiger partial charge >= 0.3 is 0 Å². The van der Waals surface area contributed by atoms with Gasteiger partial charge in [-0.25, -0.2) is 0 Å². The minimum absolute atomic E-state index is 0.403. The summed E-state index contributed by atoms with van der Waals surface area (Å²) in [6.07, 6.45) is 21.0. The summed E-state index contributed by atoms with van der Waals surface area (Å²) in [6, 6.07) is 37.6. The topological polar surface area (TPSA) is 0 Å². The second-order valence-corrected chi connectivity index (χ2v) is 13.0. The fraction of sp³-hybridized carbons (Fsp3) is 0.273. The van der Waals surface area contributed by atoms with Crippen LogP contribution >= 0.6 is 0 Å². The van der Waals surface area contributed by atoms with E-state index in [1.807, 2.05) is 0 Å². The van der Waals surface area contributed by atoms with Gasteiger partial charge in [-0.15, -0.1) is 6.42 Å². The van der Waals surface area contributed by atoms with E-state index < -0.39 is 0 Å². The van der Waals surface area contributed by atoms with Gasteiger partial charge in [0.1, 0.15) is 0 Å². The molecule has 0 aromatic heterocycles. The first-order valence-electron chi connectivity index (χ1n) is 16.4. The zero-order valence-electron chi connectivity index (χ0n) is 26.1. The van der Waals surface area contributed by atoms with Crippen molar-refractivity contribution in [2.45, 2.75) is 57.8 Å². The van der Waals surface area contributed by atoms with Crippen LogP contribution in [0.25, 0.3) is 16.7 Å². The Morgan fingerprint density at radius 2 is 1.52 bits per heavy atom. The molecule has 220 valence electrons. The molecule has 0 N–H and O–H groups in total. The second kappa shape index (κ2) is 14.0. The van der Waals surface area contributed by atoms with Crippen molar-refractivity contribution in [2.24, 2.45) is 17.8 Å². The summed E-state index contributed by atoms with van der Waals surface area (Å²) in [5, 5.41) is 0. The summed E-state index contributed by atoms with van der Waals surface area (Å²) < 4.78 is 0. The molecule has 0 radical (unpaired) electrons. The molecule has 6 rings (SSSR count). The lowest BCUT2D eigenvalue weighted by molar-refractivity contribution is 0.252. The van der Waals surface area contributed by atoms with Crippen LogP contribution in [0.3, 0.4) is 0 Å². The molecule has 2 unspecified atom stereocenters. The predicted molar refractivity (Wildman–Crippen MR) is 188 cm³/mol. The van der Waals surface area contributed by atoms with Crippen LogP contribution in [-0.4, -0.2) is 0 Å². The lowest BCUT2D eigenvalue weighted by Crippen LogP contribution is -2.23. The van der Waals surface area contributed by atoms with Crippen molar-refractivity contribution < 1.29 is 0 Å². The third-order valence-corrected chi connectivity index (χ3v) is 9.85. The standard InChI is InChI=1S/C44H44/c1-4-37-22-20-36(31-43(37)39-13-9-6-10-14-39)30-35-18-23-40(24-19-35)44(33(3)16-17-34-11-7-5-8-12-34)41-27-25-38(26-28-41)42-21-15-32(2)29-42/h1,5-15,20-22,25-29,31-32,35,40,44H,3,16-19,23-24,30H2,2H3. The van der Waals surface area contributed by atoms with E-state index in [-0.39, 0.29) is 0 Å². The van der Waals surface area contributed by atoms with Crippen molar-refractivity contribution in [2.75, 3.05) is 0 Å². The molecular weight excluding hydrogens is 528 g/mol. The summed E-state index contributed by atoms with van der Waals surface area (Å²) in [5.74, 6) is 5.16. The molecule has 0 aliphatic heterocycles. The number of rotatable bonds is 10. The Bertz CT molecular complexity index is 1650. The highest BCUT2D eigenvalue weighted by Crippen LogP contribution is 2.44. The van der Waals surface area contributed by atoms with Crippen LogP contribution in [-0.2, 0) is 12.8 Å². The molecule has 0 amide bonds. The first kappa shape index (κ1) is 29.7. The van der Waals surface area contributed by atoms with E-state index in [4.69, 9.17) is 13.0 Å². The smallest absolute Gasteiger partial charge is 0.0321 e. The third kappa shape index (κ3) is 7.06. The van der Waals surface area contributed by atoms with Gasteiger partial charge in [-0.3, -0.25) is 0 Å². The van der Waals surface area contributed by atoms with Gasteiger partial charge in [-0.05, 0) is 114 Å². The molecule has 0 heteroatoms. The maximum Gasteiger partial charge on any atom is 0.0321 e. The van der Waals surface area contributed by atoms with Crippen LogP contribution in [0.15, 0.2) is 134 Å². The van der Waals surface area contributed by atoms with Gasteiger partial charge in [0.05, 0.1) is 0 Å². The lowest BCUT2D eigenvalue weighted by atomic mass is 9.69.